The molecule has 0 aliphatic carbocycles. The summed E-state index contributed by atoms with van der Waals surface area (Å²) >= 11 is 0. The molecule has 0 saturated carbocycles. The van der Waals surface area contributed by atoms with Crippen LogP contribution in [-0.4, -0.2) is 74.3 Å². The Morgan fingerprint density at radius 2 is 0.670 bits per heavy atom. The standard InChI is InChI=1S/C81H153N2O7P/c1-7-10-13-16-19-22-25-28-30-32-34-36-38-40-41-43-44-46-48-50-52-55-58-61-64-67-70-73-80(84)82-78(77-89-91(86,87)88-76-75-83(4,5)6)79(72-69-66-63-60-57-54-27-24-21-18-15-12-9-3)90-81(85)74-71-68-65-62-59-56-53-51-49-47-45-42-39-37-35-33-31-29-26-23-20-17-14-11-8-2/h20,23,29,31,35,37,42,45,69,72,78-79H,7-19,21-22,24-28,30,32-34,36,38-41,43-44,46-68,70-71,73-77H2,1-6H3,(H-,82,84,86,87)/p+1/b23-20-,31-29-,37-35-,45-42-,72-69+. The predicted octanol–water partition coefficient (Wildman–Crippen LogP) is 25.7. The van der Waals surface area contributed by atoms with E-state index < -0.39 is 20.0 Å². The Labute approximate surface area is 566 Å². The minimum atomic E-state index is -4.46. The number of rotatable bonds is 73. The zero-order valence-electron chi connectivity index (χ0n) is 61.4. The van der Waals surface area contributed by atoms with Crippen LogP contribution in [-0.2, 0) is 27.9 Å². The molecule has 10 heteroatoms. The Balaban J connectivity index is 4.97. The van der Waals surface area contributed by atoms with E-state index in [1.807, 2.05) is 27.2 Å². The van der Waals surface area contributed by atoms with Gasteiger partial charge in [0.25, 0.3) is 0 Å². The SMILES string of the molecule is CCCCC/C=C\C/C=C\C/C=C\C/C=C\CCCCCCCCCCCC(=O)OC(/C=C/CCCCCCCCCCCCC)C(COP(=O)(O)OCC[N+](C)(C)C)NC(=O)CCCCCCCCCCCCCCCCCCCCCCCCCCCCC. The third-order valence-corrected chi connectivity index (χ3v) is 18.9. The third-order valence-electron chi connectivity index (χ3n) is 18.0. The molecule has 0 fully saturated rings. The topological polar surface area (TPSA) is 111 Å². The number of carbonyl (C=O) groups excluding carboxylic acids is 2. The highest BCUT2D eigenvalue weighted by Gasteiger charge is 2.30. The van der Waals surface area contributed by atoms with Gasteiger partial charge in [-0.05, 0) is 76.7 Å². The van der Waals surface area contributed by atoms with Gasteiger partial charge in [-0.15, -0.1) is 0 Å². The monoisotopic (exact) mass is 1300 g/mol. The Bertz CT molecular complexity index is 1740. The molecule has 2 N–H and O–H groups in total. The second-order valence-electron chi connectivity index (χ2n) is 28.2. The van der Waals surface area contributed by atoms with Crippen molar-refractivity contribution in [2.24, 2.45) is 0 Å². The van der Waals surface area contributed by atoms with Crippen LogP contribution in [0.2, 0.25) is 0 Å². The van der Waals surface area contributed by atoms with E-state index in [1.165, 1.54) is 276 Å². The smallest absolute Gasteiger partial charge is 0.456 e. The number of hydrogen-bond acceptors (Lipinski definition) is 6. The number of phosphoric ester groups is 1. The van der Waals surface area contributed by atoms with Gasteiger partial charge in [0.2, 0.25) is 5.91 Å². The van der Waals surface area contributed by atoms with Crippen LogP contribution in [0.25, 0.3) is 0 Å². The molecule has 0 aliphatic heterocycles. The second-order valence-corrected chi connectivity index (χ2v) is 29.7. The quantitative estimate of drug-likeness (QED) is 0.0205. The maximum atomic E-state index is 13.7. The molecule has 0 saturated heterocycles. The zero-order chi connectivity index (χ0) is 66.3. The van der Waals surface area contributed by atoms with E-state index in [4.69, 9.17) is 13.8 Å². The Morgan fingerprint density at radius 1 is 0.385 bits per heavy atom. The van der Waals surface area contributed by atoms with E-state index in [9.17, 15) is 19.0 Å². The van der Waals surface area contributed by atoms with E-state index in [2.05, 4.69) is 80.8 Å². The molecule has 0 bridgehead atoms. The number of quaternary nitrogens is 1. The molecule has 0 rings (SSSR count). The van der Waals surface area contributed by atoms with Crippen LogP contribution >= 0.6 is 7.82 Å². The van der Waals surface area contributed by atoms with Crippen molar-refractivity contribution in [3.05, 3.63) is 60.8 Å². The summed E-state index contributed by atoms with van der Waals surface area (Å²) in [7, 11) is 1.51. The molecular weight excluding hydrogens is 1140 g/mol. The highest BCUT2D eigenvalue weighted by molar-refractivity contribution is 7.47. The van der Waals surface area contributed by atoms with Gasteiger partial charge in [-0.1, -0.05) is 364 Å². The number of carbonyl (C=O) groups is 2. The van der Waals surface area contributed by atoms with Crippen molar-refractivity contribution in [1.82, 2.24) is 5.32 Å². The van der Waals surface area contributed by atoms with Gasteiger partial charge in [-0.25, -0.2) is 4.57 Å². The number of phosphoric acid groups is 1. The molecular formula is C81H154N2O7P+. The number of nitrogens with zero attached hydrogens (tertiary/aromatic N) is 1. The van der Waals surface area contributed by atoms with Gasteiger partial charge in [0, 0.05) is 12.8 Å². The fourth-order valence-corrected chi connectivity index (χ4v) is 12.6. The molecule has 3 atom stereocenters. The van der Waals surface area contributed by atoms with Gasteiger partial charge >= 0.3 is 13.8 Å². The molecule has 9 nitrogen and oxygen atoms in total. The number of ether oxygens (including phenoxy) is 1. The summed E-state index contributed by atoms with van der Waals surface area (Å²) in [5.41, 5.74) is 0. The van der Waals surface area contributed by atoms with Crippen molar-refractivity contribution in [1.29, 1.82) is 0 Å². The molecule has 91 heavy (non-hydrogen) atoms. The molecule has 0 aromatic rings. The molecule has 534 valence electrons. The summed E-state index contributed by atoms with van der Waals surface area (Å²) in [5, 5.41) is 3.09. The lowest BCUT2D eigenvalue weighted by atomic mass is 10.0. The van der Waals surface area contributed by atoms with E-state index in [0.29, 0.717) is 17.4 Å². The number of nitrogens with one attached hydrogen (secondary N) is 1. The lowest BCUT2D eigenvalue weighted by Gasteiger charge is -2.27. The van der Waals surface area contributed by atoms with Gasteiger partial charge in [-0.3, -0.25) is 18.6 Å². The first-order valence-electron chi connectivity index (χ1n) is 39.6. The van der Waals surface area contributed by atoms with Crippen molar-refractivity contribution in [3.63, 3.8) is 0 Å². The number of likely N-dealkylation sites (N-methyl/N-ethyl adjacent to an activating group) is 1. The molecule has 1 amide bonds. The van der Waals surface area contributed by atoms with Crippen LogP contribution in [0.1, 0.15) is 393 Å². The fraction of sp³-hybridized carbons (Fsp3) is 0.852. The summed E-state index contributed by atoms with van der Waals surface area (Å²) in [4.78, 5) is 38.0. The molecule has 0 aromatic carbocycles. The molecule has 0 aliphatic rings. The van der Waals surface area contributed by atoms with Crippen LogP contribution in [0, 0.1) is 0 Å². The highest BCUT2D eigenvalue weighted by atomic mass is 31.2. The van der Waals surface area contributed by atoms with Crippen LogP contribution < -0.4 is 5.32 Å². The van der Waals surface area contributed by atoms with E-state index in [-0.39, 0.29) is 31.5 Å². The molecule has 0 aromatic heterocycles. The van der Waals surface area contributed by atoms with Gasteiger partial charge in [0.15, 0.2) is 0 Å². The number of unbranched alkanes of at least 4 members (excludes halogenated alkanes) is 49. The third kappa shape index (κ3) is 71.8. The Kier molecular flexibility index (Phi) is 68.7. The van der Waals surface area contributed by atoms with E-state index >= 15 is 0 Å². The number of allylic oxidation sites excluding steroid dienone is 9. The van der Waals surface area contributed by atoms with Crippen LogP contribution in [0.4, 0.5) is 0 Å². The van der Waals surface area contributed by atoms with Crippen LogP contribution in [0.3, 0.4) is 0 Å². The van der Waals surface area contributed by atoms with Gasteiger partial charge in [0.1, 0.15) is 19.3 Å². The molecule has 0 heterocycles. The van der Waals surface area contributed by atoms with E-state index in [1.54, 1.807) is 0 Å². The fourth-order valence-electron chi connectivity index (χ4n) is 11.9. The zero-order valence-corrected chi connectivity index (χ0v) is 62.2. The van der Waals surface area contributed by atoms with Crippen molar-refractivity contribution in [2.45, 2.75) is 405 Å². The summed E-state index contributed by atoms with van der Waals surface area (Å²) in [5.74, 6) is -0.493. The molecule has 3 unspecified atom stereocenters. The lowest BCUT2D eigenvalue weighted by Crippen LogP contribution is -2.47. The van der Waals surface area contributed by atoms with Crippen LogP contribution in [0.15, 0.2) is 60.8 Å². The first-order chi connectivity index (χ1) is 44.4. The number of hydrogen-bond donors (Lipinski definition) is 2. The normalized spacial score (nSPS) is 13.7. The molecule has 0 spiro atoms. The average Bonchev–Trinajstić information content (AvgIpc) is 3.70. The van der Waals surface area contributed by atoms with Crippen molar-refractivity contribution >= 4 is 19.7 Å². The summed E-state index contributed by atoms with van der Waals surface area (Å²) in [6.45, 7) is 7.05. The molecule has 0 radical (unpaired) electrons. The van der Waals surface area contributed by atoms with Crippen molar-refractivity contribution < 1.29 is 37.3 Å². The highest BCUT2D eigenvalue weighted by Crippen LogP contribution is 2.43. The minimum absolute atomic E-state index is 0.0402. The predicted molar refractivity (Wildman–Crippen MR) is 397 cm³/mol. The van der Waals surface area contributed by atoms with Crippen molar-refractivity contribution in [3.8, 4) is 0 Å². The summed E-state index contributed by atoms with van der Waals surface area (Å²) in [6.07, 6.45) is 92.5. The van der Waals surface area contributed by atoms with Gasteiger partial charge < -0.3 is 19.4 Å². The maximum absolute atomic E-state index is 13.7. The Hall–Kier alpha value is -2.29. The first kappa shape index (κ1) is 88.7. The largest absolute Gasteiger partial charge is 0.472 e. The Morgan fingerprint density at radius 3 is 1.02 bits per heavy atom. The number of esters is 1. The lowest BCUT2D eigenvalue weighted by molar-refractivity contribution is -0.870. The minimum Gasteiger partial charge on any atom is -0.456 e. The van der Waals surface area contributed by atoms with Crippen molar-refractivity contribution in [2.75, 3.05) is 40.9 Å². The average molecular weight is 1300 g/mol. The second kappa shape index (κ2) is 70.5. The summed E-state index contributed by atoms with van der Waals surface area (Å²) < 4.78 is 30.9. The van der Waals surface area contributed by atoms with E-state index in [0.717, 1.165) is 83.5 Å². The maximum Gasteiger partial charge on any atom is 0.472 e. The summed E-state index contributed by atoms with van der Waals surface area (Å²) in [6, 6.07) is -0.852. The first-order valence-corrected chi connectivity index (χ1v) is 41.1. The van der Waals surface area contributed by atoms with Gasteiger partial charge in [0.05, 0.1) is 33.8 Å². The van der Waals surface area contributed by atoms with Crippen LogP contribution in [0.5, 0.6) is 0 Å². The number of amides is 1. The van der Waals surface area contributed by atoms with Gasteiger partial charge in [-0.2, -0.15) is 0 Å².